The van der Waals surface area contributed by atoms with Crippen molar-refractivity contribution in [2.75, 3.05) is 13.7 Å². The van der Waals surface area contributed by atoms with E-state index >= 15 is 0 Å². The fourth-order valence-corrected chi connectivity index (χ4v) is 2.78. The minimum absolute atomic E-state index is 0.231. The molecule has 0 radical (unpaired) electrons. The zero-order chi connectivity index (χ0) is 17.1. The summed E-state index contributed by atoms with van der Waals surface area (Å²) >= 11 is 6.01. The van der Waals surface area contributed by atoms with Gasteiger partial charge in [-0.2, -0.15) is 5.10 Å². The summed E-state index contributed by atoms with van der Waals surface area (Å²) in [4.78, 5) is 16.8. The average Bonchev–Trinajstić information content (AvgIpc) is 2.91. The number of ether oxygens (including phenoxy) is 1. The number of nitrogens with one attached hydrogen (secondary N) is 1. The maximum Gasteiger partial charge on any atom is 0.257 e. The maximum absolute atomic E-state index is 12.6. The Morgan fingerprint density at radius 1 is 1.42 bits per heavy atom. The van der Waals surface area contributed by atoms with Crippen LogP contribution in [0.4, 0.5) is 0 Å². The largest absolute Gasteiger partial charge is 0.375 e. The molecule has 1 amide bonds. The third-order valence-electron chi connectivity index (χ3n) is 3.75. The Bertz CT molecular complexity index is 878. The van der Waals surface area contributed by atoms with Gasteiger partial charge in [0.25, 0.3) is 5.91 Å². The van der Waals surface area contributed by atoms with Crippen molar-refractivity contribution >= 4 is 23.2 Å². The molecule has 0 unspecified atom stereocenters. The third-order valence-corrected chi connectivity index (χ3v) is 3.99. The van der Waals surface area contributed by atoms with Crippen molar-refractivity contribution in [3.05, 3.63) is 64.6 Å². The van der Waals surface area contributed by atoms with Gasteiger partial charge in [0.1, 0.15) is 5.56 Å². The van der Waals surface area contributed by atoms with Crippen LogP contribution in [0.1, 0.15) is 27.7 Å². The molecule has 1 atom stereocenters. The lowest BCUT2D eigenvalue weighted by Gasteiger charge is -2.16. The van der Waals surface area contributed by atoms with E-state index in [1.807, 2.05) is 18.2 Å². The summed E-state index contributed by atoms with van der Waals surface area (Å²) in [7, 11) is 1.60. The van der Waals surface area contributed by atoms with Gasteiger partial charge in [-0.15, -0.1) is 0 Å². The third kappa shape index (κ3) is 3.25. The first-order valence-corrected chi connectivity index (χ1v) is 7.84. The van der Waals surface area contributed by atoms with Crippen molar-refractivity contribution in [1.82, 2.24) is 19.9 Å². The number of halogens is 1. The number of carbonyl (C=O) groups excluding carboxylic acids is 1. The van der Waals surface area contributed by atoms with E-state index in [0.717, 1.165) is 5.56 Å². The lowest BCUT2D eigenvalue weighted by molar-refractivity contribution is 0.0828. The summed E-state index contributed by atoms with van der Waals surface area (Å²) in [5.74, 6) is -0.231. The van der Waals surface area contributed by atoms with Gasteiger partial charge in [-0.25, -0.2) is 9.50 Å². The molecule has 24 heavy (non-hydrogen) atoms. The Labute approximate surface area is 144 Å². The molecule has 0 aliphatic carbocycles. The Kier molecular flexibility index (Phi) is 4.78. The molecule has 3 rings (SSSR count). The van der Waals surface area contributed by atoms with Crippen molar-refractivity contribution < 1.29 is 9.53 Å². The molecule has 0 aliphatic rings. The number of nitrogens with zero attached hydrogens (tertiary/aromatic N) is 3. The highest BCUT2D eigenvalue weighted by atomic mass is 35.5. The van der Waals surface area contributed by atoms with Crippen molar-refractivity contribution in [1.29, 1.82) is 0 Å². The highest BCUT2D eigenvalue weighted by Gasteiger charge is 2.19. The molecule has 0 saturated heterocycles. The van der Waals surface area contributed by atoms with Crippen molar-refractivity contribution in [3.8, 4) is 0 Å². The summed E-state index contributed by atoms with van der Waals surface area (Å²) < 4.78 is 7.06. The predicted molar refractivity (Wildman–Crippen MR) is 91.3 cm³/mol. The highest BCUT2D eigenvalue weighted by Crippen LogP contribution is 2.20. The van der Waals surface area contributed by atoms with E-state index in [2.05, 4.69) is 15.4 Å². The van der Waals surface area contributed by atoms with Crippen LogP contribution in [0.5, 0.6) is 0 Å². The zero-order valence-corrected chi connectivity index (χ0v) is 14.1. The monoisotopic (exact) mass is 344 g/mol. The molecule has 0 saturated carbocycles. The van der Waals surface area contributed by atoms with Crippen LogP contribution in [0.3, 0.4) is 0 Å². The number of hydrogen-bond acceptors (Lipinski definition) is 4. The zero-order valence-electron chi connectivity index (χ0n) is 13.4. The lowest BCUT2D eigenvalue weighted by atomic mass is 10.1. The smallest absolute Gasteiger partial charge is 0.257 e. The minimum atomic E-state index is -0.289. The number of carbonyl (C=O) groups is 1. The van der Waals surface area contributed by atoms with E-state index in [1.54, 1.807) is 43.1 Å². The van der Waals surface area contributed by atoms with Gasteiger partial charge in [-0.05, 0) is 30.7 Å². The van der Waals surface area contributed by atoms with E-state index in [-0.39, 0.29) is 12.0 Å². The molecular weight excluding hydrogens is 328 g/mol. The summed E-state index contributed by atoms with van der Waals surface area (Å²) in [5, 5.41) is 7.81. The van der Waals surface area contributed by atoms with Gasteiger partial charge in [-0.1, -0.05) is 23.7 Å². The molecule has 6 nitrogen and oxygen atoms in total. The second-order valence-corrected chi connectivity index (χ2v) is 5.77. The van der Waals surface area contributed by atoms with Gasteiger partial charge in [0.05, 0.1) is 11.8 Å². The molecule has 1 N–H and O–H groups in total. The van der Waals surface area contributed by atoms with Crippen LogP contribution in [0.15, 0.2) is 42.7 Å². The van der Waals surface area contributed by atoms with E-state index in [0.29, 0.717) is 28.5 Å². The maximum atomic E-state index is 12.6. The molecule has 0 spiro atoms. The normalized spacial score (nSPS) is 12.3. The van der Waals surface area contributed by atoms with Crippen LogP contribution in [0.25, 0.3) is 5.65 Å². The number of benzene rings is 1. The van der Waals surface area contributed by atoms with Crippen molar-refractivity contribution in [2.24, 2.45) is 0 Å². The van der Waals surface area contributed by atoms with Crippen LogP contribution < -0.4 is 5.32 Å². The summed E-state index contributed by atoms with van der Waals surface area (Å²) in [6, 6.07) is 9.15. The molecule has 0 aliphatic heterocycles. The Morgan fingerprint density at radius 2 is 2.25 bits per heavy atom. The van der Waals surface area contributed by atoms with Gasteiger partial charge in [-0.3, -0.25) is 4.79 Å². The van der Waals surface area contributed by atoms with Crippen LogP contribution >= 0.6 is 11.6 Å². The van der Waals surface area contributed by atoms with Crippen molar-refractivity contribution in [2.45, 2.75) is 13.0 Å². The highest BCUT2D eigenvalue weighted by molar-refractivity contribution is 6.30. The first kappa shape index (κ1) is 16.4. The van der Waals surface area contributed by atoms with Gasteiger partial charge < -0.3 is 10.1 Å². The van der Waals surface area contributed by atoms with Gasteiger partial charge in [0.15, 0.2) is 5.65 Å². The van der Waals surface area contributed by atoms with Crippen LogP contribution in [0.2, 0.25) is 5.02 Å². The topological polar surface area (TPSA) is 68.5 Å². The van der Waals surface area contributed by atoms with Gasteiger partial charge in [0, 0.05) is 31.1 Å². The number of rotatable bonds is 5. The number of amides is 1. The quantitative estimate of drug-likeness (QED) is 0.772. The Balaban J connectivity index is 1.78. The Morgan fingerprint density at radius 3 is 3.00 bits per heavy atom. The summed E-state index contributed by atoms with van der Waals surface area (Å²) in [6.45, 7) is 2.10. The molecule has 2 aromatic heterocycles. The van der Waals surface area contributed by atoms with Gasteiger partial charge in [0.2, 0.25) is 0 Å². The molecule has 0 bridgehead atoms. The average molecular weight is 345 g/mol. The van der Waals surface area contributed by atoms with Crippen LogP contribution in [0, 0.1) is 6.92 Å². The number of aryl methyl sites for hydroxylation is 1. The van der Waals surface area contributed by atoms with Crippen LogP contribution in [-0.4, -0.2) is 34.2 Å². The number of aromatic nitrogens is 3. The number of methoxy groups -OCH3 is 1. The van der Waals surface area contributed by atoms with E-state index in [1.165, 1.54) is 0 Å². The predicted octanol–water partition coefficient (Wildman–Crippen LogP) is 2.81. The number of hydrogen-bond donors (Lipinski definition) is 1. The molecule has 7 heteroatoms. The second-order valence-electron chi connectivity index (χ2n) is 5.34. The first-order valence-electron chi connectivity index (χ1n) is 7.46. The Hall–Kier alpha value is -2.44. The minimum Gasteiger partial charge on any atom is -0.375 e. The van der Waals surface area contributed by atoms with Crippen molar-refractivity contribution in [3.63, 3.8) is 0 Å². The molecular formula is C17H17ClN4O2. The van der Waals surface area contributed by atoms with Gasteiger partial charge >= 0.3 is 0 Å². The molecule has 124 valence electrons. The standard InChI is InChI=1S/C17H17ClN4O2/c1-11-15(16-19-7-4-8-22(16)21-11)17(23)20-10-14(24-2)12-5-3-6-13(18)9-12/h3-9,14H,10H2,1-2H3,(H,20,23)/t14-/m0/s1. The molecule has 2 heterocycles. The van der Waals surface area contributed by atoms with E-state index < -0.39 is 0 Å². The van der Waals surface area contributed by atoms with E-state index in [9.17, 15) is 4.79 Å². The lowest BCUT2D eigenvalue weighted by Crippen LogP contribution is -2.29. The van der Waals surface area contributed by atoms with Crippen LogP contribution in [-0.2, 0) is 4.74 Å². The first-order chi connectivity index (χ1) is 11.6. The second kappa shape index (κ2) is 6.98. The fourth-order valence-electron chi connectivity index (χ4n) is 2.58. The molecule has 3 aromatic rings. The van der Waals surface area contributed by atoms with E-state index in [4.69, 9.17) is 16.3 Å². The number of fused-ring (bicyclic) bond motifs is 1. The fraction of sp³-hybridized carbons (Fsp3) is 0.235. The SMILES string of the molecule is CO[C@@H](CNC(=O)c1c(C)nn2cccnc12)c1cccc(Cl)c1. The molecule has 1 aromatic carbocycles. The summed E-state index contributed by atoms with van der Waals surface area (Å²) in [5.41, 5.74) is 2.53. The summed E-state index contributed by atoms with van der Waals surface area (Å²) in [6.07, 6.45) is 3.11. The molecule has 0 fully saturated rings.